The number of nitrogens with one attached hydrogen (secondary N) is 2. The van der Waals surface area contributed by atoms with Crippen LogP contribution < -0.4 is 10.6 Å². The van der Waals surface area contributed by atoms with Gasteiger partial charge in [0, 0.05) is 13.1 Å². The molecule has 2 N–H and O–H groups in total. The Kier molecular flexibility index (Phi) is 7.41. The predicted octanol–water partition coefficient (Wildman–Crippen LogP) is 2.80. The van der Waals surface area contributed by atoms with Gasteiger partial charge in [0.1, 0.15) is 22.3 Å². The molecule has 2 heterocycles. The van der Waals surface area contributed by atoms with E-state index in [4.69, 9.17) is 9.73 Å². The van der Waals surface area contributed by atoms with Crippen molar-refractivity contribution in [2.45, 2.75) is 72.0 Å². The van der Waals surface area contributed by atoms with Gasteiger partial charge in [0.05, 0.1) is 18.3 Å². The SMILES string of the molecule is CCOC(=O)c1sc(C(C)NC(=NCc2nnc(C)n2C)NC2CCCC2)nc1C. The van der Waals surface area contributed by atoms with Gasteiger partial charge in [0.25, 0.3) is 0 Å². The van der Waals surface area contributed by atoms with Crippen molar-refractivity contribution in [3.8, 4) is 0 Å². The quantitative estimate of drug-likeness (QED) is 0.393. The largest absolute Gasteiger partial charge is 0.462 e. The predicted molar refractivity (Wildman–Crippen MR) is 117 cm³/mol. The van der Waals surface area contributed by atoms with Gasteiger partial charge in [-0.05, 0) is 40.5 Å². The third kappa shape index (κ3) is 5.35. The van der Waals surface area contributed by atoms with Crippen molar-refractivity contribution in [3.05, 3.63) is 27.2 Å². The lowest BCUT2D eigenvalue weighted by Crippen LogP contribution is -2.43. The highest BCUT2D eigenvalue weighted by atomic mass is 32.1. The van der Waals surface area contributed by atoms with Crippen LogP contribution in [-0.4, -0.2) is 44.3 Å². The zero-order valence-electron chi connectivity index (χ0n) is 18.4. The average molecular weight is 434 g/mol. The summed E-state index contributed by atoms with van der Waals surface area (Å²) < 4.78 is 7.07. The second-order valence-corrected chi connectivity index (χ2v) is 8.60. The van der Waals surface area contributed by atoms with Crippen molar-refractivity contribution in [2.75, 3.05) is 6.61 Å². The lowest BCUT2D eigenvalue weighted by Gasteiger charge is -2.20. The fraction of sp³-hybridized carbons (Fsp3) is 0.650. The third-order valence-electron chi connectivity index (χ3n) is 5.25. The molecule has 1 aliphatic rings. The number of ether oxygens (including phenoxy) is 1. The number of aliphatic imine (C=N–C) groups is 1. The molecule has 0 saturated heterocycles. The summed E-state index contributed by atoms with van der Waals surface area (Å²) in [6.07, 6.45) is 4.75. The molecule has 0 radical (unpaired) electrons. The normalized spacial score (nSPS) is 16.0. The van der Waals surface area contributed by atoms with E-state index in [1.54, 1.807) is 6.92 Å². The number of esters is 1. The second kappa shape index (κ2) is 10.0. The first-order valence-electron chi connectivity index (χ1n) is 10.5. The topological polar surface area (TPSA) is 106 Å². The fourth-order valence-electron chi connectivity index (χ4n) is 3.39. The molecule has 1 unspecified atom stereocenters. The molecule has 30 heavy (non-hydrogen) atoms. The van der Waals surface area contributed by atoms with Crippen LogP contribution in [-0.2, 0) is 18.3 Å². The number of hydrogen-bond acceptors (Lipinski definition) is 7. The van der Waals surface area contributed by atoms with Crippen molar-refractivity contribution < 1.29 is 9.53 Å². The Bertz CT molecular complexity index is 899. The maximum Gasteiger partial charge on any atom is 0.350 e. The highest BCUT2D eigenvalue weighted by Crippen LogP contribution is 2.24. The smallest absolute Gasteiger partial charge is 0.350 e. The van der Waals surface area contributed by atoms with Gasteiger partial charge in [-0.1, -0.05) is 12.8 Å². The number of carbonyl (C=O) groups excluding carboxylic acids is 1. The Morgan fingerprint density at radius 1 is 1.33 bits per heavy atom. The lowest BCUT2D eigenvalue weighted by atomic mass is 10.2. The summed E-state index contributed by atoms with van der Waals surface area (Å²) in [5, 5.41) is 16.1. The summed E-state index contributed by atoms with van der Waals surface area (Å²) in [5.41, 5.74) is 0.693. The van der Waals surface area contributed by atoms with Crippen LogP contribution in [0.4, 0.5) is 0 Å². The van der Waals surface area contributed by atoms with Crippen molar-refractivity contribution in [2.24, 2.45) is 12.0 Å². The van der Waals surface area contributed by atoms with Crippen LogP contribution in [0.15, 0.2) is 4.99 Å². The number of guanidine groups is 1. The van der Waals surface area contributed by atoms with E-state index in [-0.39, 0.29) is 12.0 Å². The monoisotopic (exact) mass is 433 g/mol. The molecule has 1 aliphatic carbocycles. The Labute approximate surface area is 181 Å². The molecule has 1 fully saturated rings. The highest BCUT2D eigenvalue weighted by Gasteiger charge is 2.22. The van der Waals surface area contributed by atoms with Gasteiger partial charge in [0.2, 0.25) is 0 Å². The van der Waals surface area contributed by atoms with Crippen molar-refractivity contribution in [1.82, 2.24) is 30.4 Å². The molecule has 2 aromatic rings. The number of aryl methyl sites for hydroxylation is 2. The first-order chi connectivity index (χ1) is 14.4. The van der Waals surface area contributed by atoms with Crippen LogP contribution in [0.1, 0.15) is 77.6 Å². The first-order valence-corrected chi connectivity index (χ1v) is 11.3. The minimum atomic E-state index is -0.318. The number of thiazole rings is 1. The molecule has 1 saturated carbocycles. The standard InChI is InChI=1S/C20H31N7O2S/c1-6-29-19(28)17-12(2)22-18(30-17)13(3)23-20(24-15-9-7-8-10-15)21-11-16-26-25-14(4)27(16)5/h13,15H,6-11H2,1-5H3,(H2,21,23,24). The van der Waals surface area contributed by atoms with Crippen LogP contribution in [0.25, 0.3) is 0 Å². The van der Waals surface area contributed by atoms with E-state index in [0.717, 1.165) is 35.5 Å². The first kappa shape index (κ1) is 22.2. The molecule has 2 aromatic heterocycles. The molecule has 0 bridgehead atoms. The van der Waals surface area contributed by atoms with E-state index in [1.165, 1.54) is 24.2 Å². The minimum Gasteiger partial charge on any atom is -0.462 e. The molecule has 0 spiro atoms. The number of rotatable bonds is 7. The summed E-state index contributed by atoms with van der Waals surface area (Å²) in [6.45, 7) is 8.35. The molecule has 0 aromatic carbocycles. The number of carbonyl (C=O) groups is 1. The van der Waals surface area contributed by atoms with Crippen molar-refractivity contribution in [3.63, 3.8) is 0 Å². The van der Waals surface area contributed by atoms with Gasteiger partial charge in [-0.25, -0.2) is 14.8 Å². The van der Waals surface area contributed by atoms with E-state index in [9.17, 15) is 4.79 Å². The van der Waals surface area contributed by atoms with Gasteiger partial charge in [-0.2, -0.15) is 0 Å². The minimum absolute atomic E-state index is 0.106. The fourth-order valence-corrected chi connectivity index (χ4v) is 4.35. The molecule has 3 rings (SSSR count). The van der Waals surface area contributed by atoms with Gasteiger partial charge < -0.3 is 19.9 Å². The number of nitrogens with zero attached hydrogens (tertiary/aromatic N) is 5. The summed E-state index contributed by atoms with van der Waals surface area (Å²) in [7, 11) is 1.94. The summed E-state index contributed by atoms with van der Waals surface area (Å²) >= 11 is 1.36. The van der Waals surface area contributed by atoms with Gasteiger partial charge in [0.15, 0.2) is 11.8 Å². The molecule has 164 valence electrons. The molecule has 10 heteroatoms. The Balaban J connectivity index is 1.74. The summed E-state index contributed by atoms with van der Waals surface area (Å²) in [6, 6.07) is 0.309. The van der Waals surface area contributed by atoms with E-state index in [1.807, 2.05) is 32.4 Å². The highest BCUT2D eigenvalue weighted by molar-refractivity contribution is 7.13. The van der Waals surface area contributed by atoms with Crippen molar-refractivity contribution in [1.29, 1.82) is 0 Å². The number of aromatic nitrogens is 4. The van der Waals surface area contributed by atoms with Crippen molar-refractivity contribution >= 4 is 23.3 Å². The number of hydrogen-bond donors (Lipinski definition) is 2. The zero-order chi connectivity index (χ0) is 21.7. The Hall–Kier alpha value is -2.49. The summed E-state index contributed by atoms with van der Waals surface area (Å²) in [4.78, 5) is 22.0. The zero-order valence-corrected chi connectivity index (χ0v) is 19.2. The van der Waals surface area contributed by atoms with Gasteiger partial charge >= 0.3 is 5.97 Å². The van der Waals surface area contributed by atoms with E-state index in [0.29, 0.717) is 29.8 Å². The maximum atomic E-state index is 12.1. The van der Waals surface area contributed by atoms with Crippen LogP contribution in [0.3, 0.4) is 0 Å². The van der Waals surface area contributed by atoms with E-state index < -0.39 is 0 Å². The van der Waals surface area contributed by atoms with Crippen LogP contribution in [0.2, 0.25) is 0 Å². The average Bonchev–Trinajstić information content (AvgIpc) is 3.43. The van der Waals surface area contributed by atoms with E-state index in [2.05, 4.69) is 25.8 Å². The third-order valence-corrected chi connectivity index (χ3v) is 6.58. The molecule has 0 aliphatic heterocycles. The molecule has 1 atom stereocenters. The maximum absolute atomic E-state index is 12.1. The lowest BCUT2D eigenvalue weighted by molar-refractivity contribution is 0.0531. The molecule has 9 nitrogen and oxygen atoms in total. The van der Waals surface area contributed by atoms with Gasteiger partial charge in [-0.3, -0.25) is 0 Å². The summed E-state index contributed by atoms with van der Waals surface area (Å²) in [5.74, 6) is 2.07. The van der Waals surface area contributed by atoms with Gasteiger partial charge in [-0.15, -0.1) is 21.5 Å². The molecular formula is C20H31N7O2S. The Morgan fingerprint density at radius 2 is 2.07 bits per heavy atom. The molecular weight excluding hydrogens is 402 g/mol. The van der Waals surface area contributed by atoms with E-state index >= 15 is 0 Å². The van der Waals surface area contributed by atoms with Crippen LogP contribution in [0.5, 0.6) is 0 Å². The van der Waals surface area contributed by atoms with Crippen LogP contribution >= 0.6 is 11.3 Å². The van der Waals surface area contributed by atoms with Crippen LogP contribution in [0, 0.1) is 13.8 Å². The second-order valence-electron chi connectivity index (χ2n) is 7.57. The Morgan fingerprint density at radius 3 is 2.70 bits per heavy atom. The molecule has 0 amide bonds.